The summed E-state index contributed by atoms with van der Waals surface area (Å²) in [5, 5.41) is 6.63. The van der Waals surface area contributed by atoms with Crippen LogP contribution in [0.4, 0.5) is 0 Å². The SMILES string of the molecule is CCOCCNC(=NC)NCCCCN1CC(C)CC(C)C1.I. The van der Waals surface area contributed by atoms with E-state index in [-0.39, 0.29) is 24.0 Å². The lowest BCUT2D eigenvalue weighted by atomic mass is 9.92. The number of likely N-dealkylation sites (tertiary alicyclic amines) is 1. The van der Waals surface area contributed by atoms with Crippen LogP contribution in [0.2, 0.25) is 0 Å². The van der Waals surface area contributed by atoms with Gasteiger partial charge in [-0.1, -0.05) is 13.8 Å². The molecular weight excluding hydrogens is 403 g/mol. The molecule has 1 aliphatic rings. The van der Waals surface area contributed by atoms with Crippen LogP contribution < -0.4 is 10.6 Å². The van der Waals surface area contributed by atoms with Gasteiger partial charge in [-0.2, -0.15) is 0 Å². The minimum atomic E-state index is 0. The highest BCUT2D eigenvalue weighted by Crippen LogP contribution is 2.20. The quantitative estimate of drug-likeness (QED) is 0.251. The summed E-state index contributed by atoms with van der Waals surface area (Å²) < 4.78 is 5.31. The second kappa shape index (κ2) is 14.3. The van der Waals surface area contributed by atoms with E-state index in [1.54, 1.807) is 0 Å². The minimum absolute atomic E-state index is 0. The molecule has 2 unspecified atom stereocenters. The molecule has 0 saturated carbocycles. The van der Waals surface area contributed by atoms with Gasteiger partial charge < -0.3 is 20.3 Å². The summed E-state index contributed by atoms with van der Waals surface area (Å²) in [6, 6.07) is 0. The molecule has 0 aromatic heterocycles. The molecular formula is C17H37IN4O. The summed E-state index contributed by atoms with van der Waals surface area (Å²) in [6.45, 7) is 13.8. The Bertz CT molecular complexity index is 305. The highest BCUT2D eigenvalue weighted by molar-refractivity contribution is 14.0. The van der Waals surface area contributed by atoms with E-state index < -0.39 is 0 Å². The van der Waals surface area contributed by atoms with Crippen LogP contribution in [0.1, 0.15) is 40.0 Å². The highest BCUT2D eigenvalue weighted by Gasteiger charge is 2.20. The monoisotopic (exact) mass is 440 g/mol. The van der Waals surface area contributed by atoms with Crippen LogP contribution in [-0.4, -0.2) is 63.8 Å². The van der Waals surface area contributed by atoms with E-state index in [4.69, 9.17) is 4.74 Å². The first-order valence-corrected chi connectivity index (χ1v) is 8.90. The molecule has 0 bridgehead atoms. The van der Waals surface area contributed by atoms with E-state index >= 15 is 0 Å². The van der Waals surface area contributed by atoms with Crippen molar-refractivity contribution in [2.75, 3.05) is 53.0 Å². The van der Waals surface area contributed by atoms with Gasteiger partial charge in [-0.3, -0.25) is 4.99 Å². The Hall–Kier alpha value is -0.0800. The van der Waals surface area contributed by atoms with Crippen molar-refractivity contribution in [2.24, 2.45) is 16.8 Å². The number of nitrogens with zero attached hydrogens (tertiary/aromatic N) is 2. The molecule has 0 radical (unpaired) electrons. The zero-order valence-corrected chi connectivity index (χ0v) is 17.8. The van der Waals surface area contributed by atoms with Crippen LogP contribution in [0.3, 0.4) is 0 Å². The number of hydrogen-bond acceptors (Lipinski definition) is 3. The third-order valence-corrected chi connectivity index (χ3v) is 4.10. The molecule has 1 aliphatic heterocycles. The Morgan fingerprint density at radius 3 is 2.39 bits per heavy atom. The molecule has 0 aromatic rings. The standard InChI is InChI=1S/C17H36N4O.HI/c1-5-22-11-9-20-17(18-4)19-8-6-7-10-21-13-15(2)12-16(3)14-21;/h15-16H,5-14H2,1-4H3,(H2,18,19,20);1H. The van der Waals surface area contributed by atoms with Gasteiger partial charge in [-0.05, 0) is 44.6 Å². The summed E-state index contributed by atoms with van der Waals surface area (Å²) in [4.78, 5) is 6.85. The first kappa shape index (κ1) is 22.9. The molecule has 2 atom stereocenters. The number of aliphatic imine (C=N–C) groups is 1. The molecule has 138 valence electrons. The number of ether oxygens (including phenoxy) is 1. The molecule has 5 nitrogen and oxygen atoms in total. The summed E-state index contributed by atoms with van der Waals surface area (Å²) >= 11 is 0. The molecule has 2 N–H and O–H groups in total. The van der Waals surface area contributed by atoms with Gasteiger partial charge in [-0.15, -0.1) is 24.0 Å². The Kier molecular flexibility index (Phi) is 14.2. The first-order chi connectivity index (χ1) is 10.7. The zero-order valence-electron chi connectivity index (χ0n) is 15.4. The van der Waals surface area contributed by atoms with Crippen molar-refractivity contribution < 1.29 is 4.74 Å². The van der Waals surface area contributed by atoms with Crippen LogP contribution in [0, 0.1) is 11.8 Å². The molecule has 0 amide bonds. The van der Waals surface area contributed by atoms with Crippen LogP contribution in [0.5, 0.6) is 0 Å². The smallest absolute Gasteiger partial charge is 0.191 e. The maximum atomic E-state index is 5.31. The van der Waals surface area contributed by atoms with E-state index in [1.807, 2.05) is 14.0 Å². The lowest BCUT2D eigenvalue weighted by Crippen LogP contribution is -2.40. The fourth-order valence-corrected chi connectivity index (χ4v) is 3.25. The van der Waals surface area contributed by atoms with Crippen LogP contribution in [-0.2, 0) is 4.74 Å². The molecule has 0 spiro atoms. The lowest BCUT2D eigenvalue weighted by molar-refractivity contribution is 0.139. The number of unbranched alkanes of at least 4 members (excludes halogenated alkanes) is 1. The largest absolute Gasteiger partial charge is 0.380 e. The highest BCUT2D eigenvalue weighted by atomic mass is 127. The van der Waals surface area contributed by atoms with Crippen molar-refractivity contribution in [3.8, 4) is 0 Å². The summed E-state index contributed by atoms with van der Waals surface area (Å²) in [5.41, 5.74) is 0. The second-order valence-electron chi connectivity index (χ2n) is 6.54. The Morgan fingerprint density at radius 2 is 1.78 bits per heavy atom. The van der Waals surface area contributed by atoms with E-state index in [0.717, 1.165) is 44.1 Å². The van der Waals surface area contributed by atoms with Gasteiger partial charge in [0.15, 0.2) is 5.96 Å². The van der Waals surface area contributed by atoms with Crippen molar-refractivity contribution >= 4 is 29.9 Å². The van der Waals surface area contributed by atoms with Gasteiger partial charge in [0.05, 0.1) is 6.61 Å². The Labute approximate surface area is 160 Å². The van der Waals surface area contributed by atoms with Gasteiger partial charge >= 0.3 is 0 Å². The normalized spacial score (nSPS) is 22.5. The molecule has 1 fully saturated rings. The fourth-order valence-electron chi connectivity index (χ4n) is 3.25. The van der Waals surface area contributed by atoms with Crippen molar-refractivity contribution in [1.82, 2.24) is 15.5 Å². The van der Waals surface area contributed by atoms with Crippen LogP contribution >= 0.6 is 24.0 Å². The molecule has 6 heteroatoms. The molecule has 23 heavy (non-hydrogen) atoms. The number of rotatable bonds is 9. The van der Waals surface area contributed by atoms with Crippen molar-refractivity contribution in [3.05, 3.63) is 0 Å². The van der Waals surface area contributed by atoms with Gasteiger partial charge in [0.2, 0.25) is 0 Å². The van der Waals surface area contributed by atoms with Gasteiger partial charge in [0.1, 0.15) is 0 Å². The van der Waals surface area contributed by atoms with Gasteiger partial charge in [0.25, 0.3) is 0 Å². The van der Waals surface area contributed by atoms with Crippen molar-refractivity contribution in [1.29, 1.82) is 0 Å². The van der Waals surface area contributed by atoms with Crippen LogP contribution in [0.15, 0.2) is 4.99 Å². The molecule has 0 aliphatic carbocycles. The maximum absolute atomic E-state index is 5.31. The summed E-state index contributed by atoms with van der Waals surface area (Å²) in [6.07, 6.45) is 3.83. The number of piperidine rings is 1. The van der Waals surface area contributed by atoms with Gasteiger partial charge in [0, 0.05) is 39.8 Å². The number of guanidine groups is 1. The molecule has 1 saturated heterocycles. The molecule has 1 heterocycles. The third-order valence-electron chi connectivity index (χ3n) is 4.10. The topological polar surface area (TPSA) is 48.9 Å². The number of nitrogens with one attached hydrogen (secondary N) is 2. The summed E-state index contributed by atoms with van der Waals surface area (Å²) in [7, 11) is 1.81. The van der Waals surface area contributed by atoms with Crippen molar-refractivity contribution in [3.63, 3.8) is 0 Å². The van der Waals surface area contributed by atoms with Crippen molar-refractivity contribution in [2.45, 2.75) is 40.0 Å². The minimum Gasteiger partial charge on any atom is -0.380 e. The summed E-state index contributed by atoms with van der Waals surface area (Å²) in [5.74, 6) is 2.59. The van der Waals surface area contributed by atoms with E-state index in [1.165, 1.54) is 38.9 Å². The van der Waals surface area contributed by atoms with Crippen LogP contribution in [0.25, 0.3) is 0 Å². The lowest BCUT2D eigenvalue weighted by Gasteiger charge is -2.34. The predicted octanol–water partition coefficient (Wildman–Crippen LogP) is 2.56. The number of halogens is 1. The average molecular weight is 440 g/mol. The first-order valence-electron chi connectivity index (χ1n) is 8.90. The molecule has 1 rings (SSSR count). The third kappa shape index (κ3) is 11.2. The maximum Gasteiger partial charge on any atom is 0.191 e. The van der Waals surface area contributed by atoms with E-state index in [9.17, 15) is 0 Å². The van der Waals surface area contributed by atoms with E-state index in [0.29, 0.717) is 0 Å². The Morgan fingerprint density at radius 1 is 1.13 bits per heavy atom. The van der Waals surface area contributed by atoms with Gasteiger partial charge in [-0.25, -0.2) is 0 Å². The second-order valence-corrected chi connectivity index (χ2v) is 6.54. The van der Waals surface area contributed by atoms with E-state index in [2.05, 4.69) is 34.4 Å². The zero-order chi connectivity index (χ0) is 16.2. The Balaban J connectivity index is 0.00000484. The fraction of sp³-hybridized carbons (Fsp3) is 0.941. The molecule has 0 aromatic carbocycles. The predicted molar refractivity (Wildman–Crippen MR) is 110 cm³/mol. The average Bonchev–Trinajstić information content (AvgIpc) is 2.48. The number of hydrogen-bond donors (Lipinski definition) is 2.